The van der Waals surface area contributed by atoms with E-state index in [0.29, 0.717) is 6.61 Å². The van der Waals surface area contributed by atoms with E-state index >= 15 is 0 Å². The molecule has 7 heteroatoms. The molecule has 4 nitrogen and oxygen atoms in total. The Labute approximate surface area is 137 Å². The summed E-state index contributed by atoms with van der Waals surface area (Å²) in [4.78, 5) is 7.82. The number of halogens is 2. The molecule has 1 aliphatic rings. The van der Waals surface area contributed by atoms with Gasteiger partial charge in [0, 0.05) is 24.5 Å². The molecule has 1 aromatic carbocycles. The summed E-state index contributed by atoms with van der Waals surface area (Å²) in [5.41, 5.74) is 3.77. The van der Waals surface area contributed by atoms with Crippen LogP contribution in [0, 0.1) is 6.92 Å². The maximum atomic E-state index is 12.3. The van der Waals surface area contributed by atoms with Crippen molar-refractivity contribution in [2.24, 2.45) is 0 Å². The van der Waals surface area contributed by atoms with Crippen molar-refractivity contribution in [1.82, 2.24) is 9.88 Å². The van der Waals surface area contributed by atoms with E-state index in [-0.39, 0.29) is 11.9 Å². The van der Waals surface area contributed by atoms with Crippen molar-refractivity contribution in [2.75, 3.05) is 19.7 Å². The minimum atomic E-state index is -2.82. The van der Waals surface area contributed by atoms with Crippen molar-refractivity contribution in [1.29, 1.82) is 0 Å². The molecule has 1 saturated heterocycles. The van der Waals surface area contributed by atoms with E-state index in [2.05, 4.69) is 14.6 Å². The van der Waals surface area contributed by atoms with Crippen LogP contribution in [0.15, 0.2) is 29.8 Å². The smallest absolute Gasteiger partial charge is 0.387 e. The molecule has 0 bridgehead atoms. The Hall–Kier alpha value is -1.57. The van der Waals surface area contributed by atoms with Gasteiger partial charge in [0.05, 0.1) is 23.9 Å². The summed E-state index contributed by atoms with van der Waals surface area (Å²) in [7, 11) is 0. The van der Waals surface area contributed by atoms with Crippen molar-refractivity contribution in [3.8, 4) is 5.75 Å². The second-order valence-electron chi connectivity index (χ2n) is 5.41. The summed E-state index contributed by atoms with van der Waals surface area (Å²) in [6.07, 6.45) is -0.141. The molecule has 0 aliphatic carbocycles. The Morgan fingerprint density at radius 2 is 2.35 bits per heavy atom. The van der Waals surface area contributed by atoms with E-state index in [9.17, 15) is 8.78 Å². The molecule has 1 fully saturated rings. The molecule has 0 spiro atoms. The number of thiazole rings is 1. The fourth-order valence-corrected chi connectivity index (χ4v) is 3.44. The number of aromatic nitrogens is 1. The van der Waals surface area contributed by atoms with Gasteiger partial charge in [0.1, 0.15) is 5.75 Å². The van der Waals surface area contributed by atoms with Crippen molar-refractivity contribution in [3.05, 3.63) is 45.9 Å². The van der Waals surface area contributed by atoms with E-state index < -0.39 is 6.61 Å². The Kier molecular flexibility index (Phi) is 5.20. The predicted octanol–water partition coefficient (Wildman–Crippen LogP) is 3.63. The maximum absolute atomic E-state index is 12.3. The van der Waals surface area contributed by atoms with E-state index in [4.69, 9.17) is 4.74 Å². The molecule has 1 unspecified atom stereocenters. The van der Waals surface area contributed by atoms with E-state index in [1.165, 1.54) is 10.9 Å². The number of morpholine rings is 1. The highest BCUT2D eigenvalue weighted by Crippen LogP contribution is 2.27. The summed E-state index contributed by atoms with van der Waals surface area (Å²) in [5.74, 6) is 0.163. The average molecular weight is 340 g/mol. The molecule has 0 N–H and O–H groups in total. The summed E-state index contributed by atoms with van der Waals surface area (Å²) >= 11 is 1.65. The zero-order valence-electron chi connectivity index (χ0n) is 12.7. The normalized spacial score (nSPS) is 19.2. The number of rotatable bonds is 5. The van der Waals surface area contributed by atoms with Crippen LogP contribution >= 0.6 is 11.3 Å². The predicted molar refractivity (Wildman–Crippen MR) is 83.9 cm³/mol. The molecule has 23 heavy (non-hydrogen) atoms. The Morgan fingerprint density at radius 3 is 3.09 bits per heavy atom. The summed E-state index contributed by atoms with van der Waals surface area (Å²) in [6, 6.07) is 6.74. The second kappa shape index (κ2) is 7.33. The number of benzene rings is 1. The third-order valence-corrected chi connectivity index (χ3v) is 4.74. The van der Waals surface area contributed by atoms with Gasteiger partial charge in [0.2, 0.25) is 0 Å². The molecule has 1 atom stereocenters. The van der Waals surface area contributed by atoms with Crippen LogP contribution in [0.4, 0.5) is 8.78 Å². The molecule has 2 aromatic rings. The number of alkyl halides is 2. The topological polar surface area (TPSA) is 34.6 Å². The zero-order valence-corrected chi connectivity index (χ0v) is 13.6. The Morgan fingerprint density at radius 1 is 1.48 bits per heavy atom. The third-order valence-electron chi connectivity index (χ3n) is 3.82. The lowest BCUT2D eigenvalue weighted by Gasteiger charge is -2.33. The van der Waals surface area contributed by atoms with Crippen LogP contribution in [-0.2, 0) is 11.3 Å². The molecule has 3 rings (SSSR count). The highest BCUT2D eigenvalue weighted by Gasteiger charge is 2.23. The number of nitrogens with zero attached hydrogens (tertiary/aromatic N) is 2. The van der Waals surface area contributed by atoms with Gasteiger partial charge in [-0.3, -0.25) is 4.90 Å². The highest BCUT2D eigenvalue weighted by molar-refractivity contribution is 7.09. The summed E-state index contributed by atoms with van der Waals surface area (Å²) in [5, 5.41) is 0. The standard InChI is InChI=1S/C16H18F2N2O2S/c1-11-15(23-10-19-11)9-20-5-6-21-14(8-20)12-3-2-4-13(7-12)22-16(17)18/h2-4,7,10,14,16H,5-6,8-9H2,1H3. The van der Waals surface area contributed by atoms with Crippen LogP contribution in [0.1, 0.15) is 22.2 Å². The van der Waals surface area contributed by atoms with Gasteiger partial charge in [0.15, 0.2) is 0 Å². The second-order valence-corrected chi connectivity index (χ2v) is 6.35. The molecule has 1 aliphatic heterocycles. The van der Waals surface area contributed by atoms with Crippen LogP contribution in [0.5, 0.6) is 5.75 Å². The number of ether oxygens (including phenoxy) is 2. The fourth-order valence-electron chi connectivity index (χ4n) is 2.62. The largest absolute Gasteiger partial charge is 0.435 e. The molecule has 1 aromatic heterocycles. The lowest BCUT2D eigenvalue weighted by Crippen LogP contribution is -2.37. The average Bonchev–Trinajstić information content (AvgIpc) is 2.92. The number of aryl methyl sites for hydroxylation is 1. The van der Waals surface area contributed by atoms with Gasteiger partial charge < -0.3 is 9.47 Å². The summed E-state index contributed by atoms with van der Waals surface area (Å²) < 4.78 is 35.0. The Balaban J connectivity index is 1.67. The maximum Gasteiger partial charge on any atom is 0.387 e. The van der Waals surface area contributed by atoms with Crippen molar-refractivity contribution >= 4 is 11.3 Å². The first-order chi connectivity index (χ1) is 11.1. The third kappa shape index (κ3) is 4.25. The highest BCUT2D eigenvalue weighted by atomic mass is 32.1. The molecule has 0 amide bonds. The fraction of sp³-hybridized carbons (Fsp3) is 0.438. The van der Waals surface area contributed by atoms with Crippen LogP contribution in [-0.4, -0.2) is 36.2 Å². The van der Waals surface area contributed by atoms with Crippen LogP contribution in [0.2, 0.25) is 0 Å². The quantitative estimate of drug-likeness (QED) is 0.832. The van der Waals surface area contributed by atoms with Crippen molar-refractivity contribution < 1.29 is 18.3 Å². The monoisotopic (exact) mass is 340 g/mol. The van der Waals surface area contributed by atoms with Gasteiger partial charge >= 0.3 is 6.61 Å². The molecule has 124 valence electrons. The lowest BCUT2D eigenvalue weighted by atomic mass is 10.1. The molecule has 2 heterocycles. The van der Waals surface area contributed by atoms with Gasteiger partial charge in [-0.05, 0) is 24.6 Å². The zero-order chi connectivity index (χ0) is 16.2. The SMILES string of the molecule is Cc1ncsc1CN1CCOC(c2cccc(OC(F)F)c2)C1. The molecule has 0 saturated carbocycles. The first kappa shape index (κ1) is 16.3. The van der Waals surface area contributed by atoms with E-state index in [1.807, 2.05) is 18.5 Å². The molecular weight excluding hydrogens is 322 g/mol. The number of hydrogen-bond donors (Lipinski definition) is 0. The van der Waals surface area contributed by atoms with Gasteiger partial charge in [0.25, 0.3) is 0 Å². The van der Waals surface area contributed by atoms with Crippen LogP contribution in [0.3, 0.4) is 0 Å². The van der Waals surface area contributed by atoms with Gasteiger partial charge in [-0.25, -0.2) is 4.98 Å². The molecule has 0 radical (unpaired) electrons. The first-order valence-electron chi connectivity index (χ1n) is 7.39. The summed E-state index contributed by atoms with van der Waals surface area (Å²) in [6.45, 7) is 2.21. The first-order valence-corrected chi connectivity index (χ1v) is 8.27. The van der Waals surface area contributed by atoms with Gasteiger partial charge in [-0.15, -0.1) is 11.3 Å². The number of hydrogen-bond acceptors (Lipinski definition) is 5. The van der Waals surface area contributed by atoms with Crippen molar-refractivity contribution in [2.45, 2.75) is 26.2 Å². The van der Waals surface area contributed by atoms with Crippen LogP contribution in [0.25, 0.3) is 0 Å². The van der Waals surface area contributed by atoms with Gasteiger partial charge in [-0.2, -0.15) is 8.78 Å². The Bertz CT molecular complexity index is 651. The molecular formula is C16H18F2N2O2S. The lowest BCUT2D eigenvalue weighted by molar-refractivity contribution is -0.0509. The van der Waals surface area contributed by atoms with Crippen LogP contribution < -0.4 is 4.74 Å². The van der Waals surface area contributed by atoms with Gasteiger partial charge in [-0.1, -0.05) is 12.1 Å². The minimum Gasteiger partial charge on any atom is -0.435 e. The minimum absolute atomic E-state index is 0.141. The van der Waals surface area contributed by atoms with E-state index in [1.54, 1.807) is 23.5 Å². The van der Waals surface area contributed by atoms with Crippen molar-refractivity contribution in [3.63, 3.8) is 0 Å². The van der Waals surface area contributed by atoms with E-state index in [0.717, 1.165) is 30.9 Å².